The Kier molecular flexibility index (Phi) is 6.57. The maximum absolute atomic E-state index is 14.3. The van der Waals surface area contributed by atoms with Crippen LogP contribution in [0.3, 0.4) is 0 Å². The van der Waals surface area contributed by atoms with Gasteiger partial charge in [-0.1, -0.05) is 30.3 Å². The van der Waals surface area contributed by atoms with Gasteiger partial charge in [0.05, 0.1) is 18.0 Å². The molecule has 0 radical (unpaired) electrons. The summed E-state index contributed by atoms with van der Waals surface area (Å²) in [6.45, 7) is 1.46. The minimum atomic E-state index is -0.391. The lowest BCUT2D eigenvalue weighted by Gasteiger charge is -2.07. The lowest BCUT2D eigenvalue weighted by molar-refractivity contribution is 0.411. The Bertz CT molecular complexity index is 2040. The van der Waals surface area contributed by atoms with Gasteiger partial charge < -0.3 is 15.0 Å². The average Bonchev–Trinajstić information content (AvgIpc) is 3.65. The number of H-pyrrole nitrogens is 2. The smallest absolute Gasteiger partial charge is 0.181 e. The van der Waals surface area contributed by atoms with Gasteiger partial charge in [0, 0.05) is 60.6 Å². The summed E-state index contributed by atoms with van der Waals surface area (Å²) >= 11 is 0. The lowest BCUT2D eigenvalue weighted by Crippen LogP contribution is -2.12. The van der Waals surface area contributed by atoms with Crippen LogP contribution < -0.4 is 10.1 Å². The van der Waals surface area contributed by atoms with E-state index in [1.807, 2.05) is 42.7 Å². The number of imidazole rings is 1. The number of pyridine rings is 3. The average molecular weight is 557 g/mol. The Balaban J connectivity index is 1.21. The third-order valence-corrected chi connectivity index (χ3v) is 7.09. The van der Waals surface area contributed by atoms with Gasteiger partial charge in [0.2, 0.25) is 0 Å². The first-order valence-corrected chi connectivity index (χ1v) is 13.4. The number of nitrogens with one attached hydrogen (secondary N) is 3. The number of aromatic amines is 2. The van der Waals surface area contributed by atoms with E-state index >= 15 is 0 Å². The molecule has 10 heteroatoms. The van der Waals surface area contributed by atoms with Gasteiger partial charge in [-0.15, -0.1) is 0 Å². The molecular weight excluding hydrogens is 531 g/mol. The molecule has 0 fully saturated rings. The first-order chi connectivity index (χ1) is 20.6. The second-order valence-electron chi connectivity index (χ2n) is 9.89. The molecule has 0 aliphatic rings. The quantitative estimate of drug-likeness (QED) is 0.208. The third kappa shape index (κ3) is 4.95. The fraction of sp³-hybridized carbons (Fsp3) is 0.0938. The van der Waals surface area contributed by atoms with Crippen LogP contribution >= 0.6 is 0 Å². The molecular formula is C32H25FN8O. The number of hydrogen-bond acceptors (Lipinski definition) is 7. The standard InChI is InChI=1S/C32H25FN8O/c1-42-25-11-21(10-24(33)13-25)26-7-8-36-31-28(26)38-32(39-31)29-27-12-23(18-37-30(27)41-40-29)22-9-20(16-35-17-22)15-34-14-19-5-3-2-4-6-19/h2-13,16-18,34H,14-15H2,1H3,(H,36,38,39)(H,37,40,41). The summed E-state index contributed by atoms with van der Waals surface area (Å²) in [6.07, 6.45) is 7.14. The number of halogens is 1. The van der Waals surface area contributed by atoms with Crippen LogP contribution in [0, 0.1) is 5.82 Å². The van der Waals surface area contributed by atoms with Crippen molar-refractivity contribution in [3.8, 4) is 39.5 Å². The van der Waals surface area contributed by atoms with Gasteiger partial charge in [0.25, 0.3) is 0 Å². The van der Waals surface area contributed by atoms with E-state index < -0.39 is 5.82 Å². The maximum Gasteiger partial charge on any atom is 0.181 e. The van der Waals surface area contributed by atoms with Crippen molar-refractivity contribution in [1.82, 2.24) is 40.4 Å². The Morgan fingerprint density at radius 2 is 1.69 bits per heavy atom. The molecule has 5 heterocycles. The van der Waals surface area contributed by atoms with Gasteiger partial charge in [-0.2, -0.15) is 5.10 Å². The van der Waals surface area contributed by atoms with Crippen LogP contribution in [0.2, 0.25) is 0 Å². The minimum absolute atomic E-state index is 0.391. The zero-order valence-electron chi connectivity index (χ0n) is 22.6. The summed E-state index contributed by atoms with van der Waals surface area (Å²) in [5.74, 6) is 0.586. The van der Waals surface area contributed by atoms with Crippen molar-refractivity contribution in [2.24, 2.45) is 0 Å². The number of hydrogen-bond donors (Lipinski definition) is 3. The predicted molar refractivity (Wildman–Crippen MR) is 159 cm³/mol. The Morgan fingerprint density at radius 3 is 2.57 bits per heavy atom. The van der Waals surface area contributed by atoms with E-state index in [0.717, 1.165) is 34.2 Å². The number of fused-ring (bicyclic) bond motifs is 2. The van der Waals surface area contributed by atoms with Crippen molar-refractivity contribution in [3.63, 3.8) is 0 Å². The molecule has 206 valence electrons. The summed E-state index contributed by atoms with van der Waals surface area (Å²) in [6, 6.07) is 20.8. The minimum Gasteiger partial charge on any atom is -0.497 e. The highest BCUT2D eigenvalue weighted by molar-refractivity contribution is 5.96. The Hall–Kier alpha value is -5.48. The summed E-state index contributed by atoms with van der Waals surface area (Å²) < 4.78 is 19.6. The van der Waals surface area contributed by atoms with Crippen molar-refractivity contribution in [2.75, 3.05) is 7.11 Å². The summed E-state index contributed by atoms with van der Waals surface area (Å²) in [4.78, 5) is 21.6. The fourth-order valence-corrected chi connectivity index (χ4v) is 5.03. The molecule has 0 amide bonds. The molecule has 9 nitrogen and oxygen atoms in total. The van der Waals surface area contributed by atoms with Gasteiger partial charge in [-0.05, 0) is 47.0 Å². The molecule has 0 saturated heterocycles. The van der Waals surface area contributed by atoms with E-state index in [1.165, 1.54) is 24.8 Å². The fourth-order valence-electron chi connectivity index (χ4n) is 5.03. The number of benzene rings is 2. The molecule has 5 aromatic heterocycles. The van der Waals surface area contributed by atoms with Crippen LogP contribution in [0.15, 0.2) is 91.5 Å². The molecule has 42 heavy (non-hydrogen) atoms. The monoisotopic (exact) mass is 556 g/mol. The number of ether oxygens (including phenoxy) is 1. The van der Waals surface area contributed by atoms with Crippen molar-refractivity contribution in [1.29, 1.82) is 0 Å². The van der Waals surface area contributed by atoms with Gasteiger partial charge >= 0.3 is 0 Å². The van der Waals surface area contributed by atoms with E-state index in [1.54, 1.807) is 18.5 Å². The molecule has 0 unspecified atom stereocenters. The molecule has 0 aliphatic heterocycles. The molecule has 0 spiro atoms. The normalized spacial score (nSPS) is 11.4. The van der Waals surface area contributed by atoms with Crippen LogP contribution in [-0.2, 0) is 13.1 Å². The van der Waals surface area contributed by atoms with Gasteiger partial charge in [-0.3, -0.25) is 10.1 Å². The summed E-state index contributed by atoms with van der Waals surface area (Å²) in [5.41, 5.74) is 7.96. The molecule has 7 rings (SSSR count). The Labute approximate surface area is 239 Å². The first kappa shape index (κ1) is 25.5. The molecule has 0 saturated carbocycles. The first-order valence-electron chi connectivity index (χ1n) is 13.4. The second kappa shape index (κ2) is 10.8. The lowest BCUT2D eigenvalue weighted by atomic mass is 10.1. The van der Waals surface area contributed by atoms with E-state index in [9.17, 15) is 4.39 Å². The van der Waals surface area contributed by atoms with Crippen LogP contribution in [-0.4, -0.2) is 42.2 Å². The zero-order chi connectivity index (χ0) is 28.5. The van der Waals surface area contributed by atoms with Crippen LogP contribution in [0.25, 0.3) is 56.0 Å². The molecule has 2 aromatic carbocycles. The molecule has 0 bridgehead atoms. The molecule has 0 atom stereocenters. The molecule has 0 aliphatic carbocycles. The van der Waals surface area contributed by atoms with Crippen LogP contribution in [0.5, 0.6) is 5.75 Å². The number of nitrogens with zero attached hydrogens (tertiary/aromatic N) is 5. The molecule has 3 N–H and O–H groups in total. The number of rotatable bonds is 8. The summed E-state index contributed by atoms with van der Waals surface area (Å²) in [7, 11) is 1.51. The number of methoxy groups -OCH3 is 1. The highest BCUT2D eigenvalue weighted by Gasteiger charge is 2.17. The maximum atomic E-state index is 14.3. The molecule has 7 aromatic rings. The summed E-state index contributed by atoms with van der Waals surface area (Å²) in [5, 5.41) is 11.7. The largest absolute Gasteiger partial charge is 0.497 e. The van der Waals surface area contributed by atoms with Gasteiger partial charge in [-0.25, -0.2) is 19.3 Å². The van der Waals surface area contributed by atoms with Crippen LogP contribution in [0.4, 0.5) is 4.39 Å². The highest BCUT2D eigenvalue weighted by Crippen LogP contribution is 2.33. The SMILES string of the molecule is COc1cc(F)cc(-c2ccnc3nc(-c4[nH]nc5ncc(-c6cncc(CNCc7ccccc7)c6)cc45)[nH]c23)c1. The van der Waals surface area contributed by atoms with E-state index in [0.29, 0.717) is 46.2 Å². The van der Waals surface area contributed by atoms with E-state index in [-0.39, 0.29) is 0 Å². The Morgan fingerprint density at radius 1 is 0.833 bits per heavy atom. The van der Waals surface area contributed by atoms with Crippen molar-refractivity contribution in [3.05, 3.63) is 108 Å². The van der Waals surface area contributed by atoms with E-state index in [2.05, 4.69) is 53.6 Å². The zero-order valence-corrected chi connectivity index (χ0v) is 22.6. The predicted octanol–water partition coefficient (Wildman–Crippen LogP) is 6.06. The topological polar surface area (TPSA) is 117 Å². The van der Waals surface area contributed by atoms with Crippen LogP contribution in [0.1, 0.15) is 11.1 Å². The second-order valence-corrected chi connectivity index (χ2v) is 9.89. The third-order valence-electron chi connectivity index (χ3n) is 7.09. The van der Waals surface area contributed by atoms with E-state index in [4.69, 9.17) is 9.72 Å². The van der Waals surface area contributed by atoms with Gasteiger partial charge in [0.15, 0.2) is 17.1 Å². The number of aromatic nitrogens is 7. The van der Waals surface area contributed by atoms with Crippen molar-refractivity contribution in [2.45, 2.75) is 13.1 Å². The highest BCUT2D eigenvalue weighted by atomic mass is 19.1. The van der Waals surface area contributed by atoms with Crippen molar-refractivity contribution >= 4 is 22.2 Å². The van der Waals surface area contributed by atoms with Crippen molar-refractivity contribution < 1.29 is 9.13 Å². The van der Waals surface area contributed by atoms with Gasteiger partial charge in [0.1, 0.15) is 17.3 Å².